The maximum atomic E-state index is 11.7. The standard InChI is InChI=1S/C17H19BrN2O3/c1-11-7-8-16(12(2)9-11)23-10-13-14(18)5-4-6-15(13)20(22)17(21)19-3/h4-9,22H,10H2,1-3H3,(H,19,21). The summed E-state index contributed by atoms with van der Waals surface area (Å²) in [6.45, 7) is 4.22. The fourth-order valence-electron chi connectivity index (χ4n) is 2.22. The third-order valence-corrected chi connectivity index (χ3v) is 4.17. The molecule has 0 radical (unpaired) electrons. The summed E-state index contributed by atoms with van der Waals surface area (Å²) in [5.41, 5.74) is 3.24. The number of rotatable bonds is 4. The van der Waals surface area contributed by atoms with Gasteiger partial charge < -0.3 is 10.1 Å². The molecule has 5 nitrogen and oxygen atoms in total. The van der Waals surface area contributed by atoms with Crippen molar-refractivity contribution in [2.45, 2.75) is 20.5 Å². The number of hydrogen-bond acceptors (Lipinski definition) is 3. The van der Waals surface area contributed by atoms with Crippen LogP contribution in [-0.4, -0.2) is 18.3 Å². The average Bonchev–Trinajstić information content (AvgIpc) is 2.53. The number of anilines is 1. The molecule has 0 aliphatic rings. The van der Waals surface area contributed by atoms with Crippen LogP contribution in [0.3, 0.4) is 0 Å². The summed E-state index contributed by atoms with van der Waals surface area (Å²) in [7, 11) is 1.45. The van der Waals surface area contributed by atoms with E-state index in [1.54, 1.807) is 12.1 Å². The predicted octanol–water partition coefficient (Wildman–Crippen LogP) is 4.18. The Morgan fingerprint density at radius 3 is 2.70 bits per heavy atom. The normalized spacial score (nSPS) is 10.3. The number of nitrogens with one attached hydrogen (secondary N) is 1. The van der Waals surface area contributed by atoms with Gasteiger partial charge in [-0.2, -0.15) is 5.06 Å². The number of urea groups is 1. The summed E-state index contributed by atoms with van der Waals surface area (Å²) in [4.78, 5) is 11.7. The molecule has 0 aromatic heterocycles. The zero-order chi connectivity index (χ0) is 17.0. The number of amides is 2. The molecule has 2 N–H and O–H groups in total. The molecule has 6 heteroatoms. The fourth-order valence-corrected chi connectivity index (χ4v) is 2.69. The summed E-state index contributed by atoms with van der Waals surface area (Å²) >= 11 is 3.44. The lowest BCUT2D eigenvalue weighted by atomic mass is 10.1. The molecule has 0 fully saturated rings. The van der Waals surface area contributed by atoms with Crippen LogP contribution in [0.15, 0.2) is 40.9 Å². The predicted molar refractivity (Wildman–Crippen MR) is 93.1 cm³/mol. The highest BCUT2D eigenvalue weighted by molar-refractivity contribution is 9.10. The molecule has 0 bridgehead atoms. The topological polar surface area (TPSA) is 61.8 Å². The highest BCUT2D eigenvalue weighted by Gasteiger charge is 2.18. The number of carbonyl (C=O) groups is 1. The highest BCUT2D eigenvalue weighted by Crippen LogP contribution is 2.29. The molecule has 2 rings (SSSR count). The largest absolute Gasteiger partial charge is 0.489 e. The Kier molecular flexibility index (Phi) is 5.63. The Morgan fingerprint density at radius 1 is 1.30 bits per heavy atom. The Hall–Kier alpha value is -2.05. The molecule has 2 aromatic rings. The van der Waals surface area contributed by atoms with Gasteiger partial charge in [0.25, 0.3) is 0 Å². The summed E-state index contributed by atoms with van der Waals surface area (Å²) in [5, 5.41) is 13.0. The number of nitrogens with zero attached hydrogens (tertiary/aromatic N) is 1. The molecule has 2 aromatic carbocycles. The third kappa shape index (κ3) is 4.03. The first-order valence-electron chi connectivity index (χ1n) is 7.12. The maximum absolute atomic E-state index is 11.7. The number of benzene rings is 2. The van der Waals surface area contributed by atoms with E-state index in [1.165, 1.54) is 7.05 Å². The fraction of sp³-hybridized carbons (Fsp3) is 0.235. The second-order valence-corrected chi connectivity index (χ2v) is 6.02. The molecular formula is C17H19BrN2O3. The number of ether oxygens (including phenoxy) is 1. The lowest BCUT2D eigenvalue weighted by molar-refractivity contribution is 0.205. The molecule has 0 spiro atoms. The van der Waals surface area contributed by atoms with E-state index in [1.807, 2.05) is 38.1 Å². The Bertz CT molecular complexity index is 719. The minimum Gasteiger partial charge on any atom is -0.489 e. The summed E-state index contributed by atoms with van der Waals surface area (Å²) in [5.74, 6) is 0.765. The molecule has 0 atom stereocenters. The Labute approximate surface area is 144 Å². The quantitative estimate of drug-likeness (QED) is 0.619. The van der Waals surface area contributed by atoms with E-state index in [2.05, 4.69) is 21.2 Å². The van der Waals surface area contributed by atoms with Crippen LogP contribution in [0.4, 0.5) is 10.5 Å². The summed E-state index contributed by atoms with van der Waals surface area (Å²) < 4.78 is 6.62. The van der Waals surface area contributed by atoms with Crippen molar-refractivity contribution < 1.29 is 14.7 Å². The molecule has 0 aliphatic heterocycles. The van der Waals surface area contributed by atoms with Crippen molar-refractivity contribution in [3.63, 3.8) is 0 Å². The van der Waals surface area contributed by atoms with Gasteiger partial charge in [0.2, 0.25) is 0 Å². The van der Waals surface area contributed by atoms with Crippen LogP contribution in [0.5, 0.6) is 5.75 Å². The minimum absolute atomic E-state index is 0.217. The van der Waals surface area contributed by atoms with Gasteiger partial charge in [-0.3, -0.25) is 5.21 Å². The number of carbonyl (C=O) groups excluding carboxylic acids is 1. The number of halogens is 1. The number of aryl methyl sites for hydroxylation is 2. The molecular weight excluding hydrogens is 360 g/mol. The van der Waals surface area contributed by atoms with Crippen molar-refractivity contribution in [1.29, 1.82) is 0 Å². The van der Waals surface area contributed by atoms with E-state index in [4.69, 9.17) is 4.74 Å². The number of hydrogen-bond donors (Lipinski definition) is 2. The molecule has 0 unspecified atom stereocenters. The lowest BCUT2D eigenvalue weighted by Crippen LogP contribution is -2.36. The monoisotopic (exact) mass is 378 g/mol. The van der Waals surface area contributed by atoms with Crippen molar-refractivity contribution in [1.82, 2.24) is 5.32 Å². The van der Waals surface area contributed by atoms with Crippen LogP contribution in [0, 0.1) is 13.8 Å². The molecule has 0 aliphatic carbocycles. The van der Waals surface area contributed by atoms with Crippen LogP contribution >= 0.6 is 15.9 Å². The van der Waals surface area contributed by atoms with Crippen LogP contribution in [0.2, 0.25) is 0 Å². The van der Waals surface area contributed by atoms with E-state index < -0.39 is 6.03 Å². The van der Waals surface area contributed by atoms with Gasteiger partial charge in [-0.15, -0.1) is 0 Å². The minimum atomic E-state index is -0.615. The van der Waals surface area contributed by atoms with Gasteiger partial charge in [0, 0.05) is 17.1 Å². The summed E-state index contributed by atoms with van der Waals surface area (Å²) in [6.07, 6.45) is 0. The van der Waals surface area contributed by atoms with Crippen molar-refractivity contribution in [3.8, 4) is 5.75 Å². The molecule has 23 heavy (non-hydrogen) atoms. The second-order valence-electron chi connectivity index (χ2n) is 5.16. The van der Waals surface area contributed by atoms with Gasteiger partial charge in [0.15, 0.2) is 0 Å². The van der Waals surface area contributed by atoms with Crippen LogP contribution < -0.4 is 15.1 Å². The van der Waals surface area contributed by atoms with Crippen molar-refractivity contribution >= 4 is 27.6 Å². The van der Waals surface area contributed by atoms with Crippen LogP contribution in [0.1, 0.15) is 16.7 Å². The van der Waals surface area contributed by atoms with Gasteiger partial charge in [-0.05, 0) is 37.6 Å². The first-order valence-corrected chi connectivity index (χ1v) is 7.91. The molecule has 0 saturated carbocycles. The zero-order valence-corrected chi connectivity index (χ0v) is 14.8. The lowest BCUT2D eigenvalue weighted by Gasteiger charge is -2.19. The zero-order valence-electron chi connectivity index (χ0n) is 13.3. The van der Waals surface area contributed by atoms with Gasteiger partial charge in [-0.25, -0.2) is 4.79 Å². The van der Waals surface area contributed by atoms with E-state index in [0.717, 1.165) is 21.3 Å². The maximum Gasteiger partial charge on any atom is 0.345 e. The van der Waals surface area contributed by atoms with E-state index in [0.29, 0.717) is 16.3 Å². The third-order valence-electron chi connectivity index (χ3n) is 3.43. The van der Waals surface area contributed by atoms with Gasteiger partial charge in [-0.1, -0.05) is 39.7 Å². The molecule has 2 amide bonds. The number of hydroxylamine groups is 1. The SMILES string of the molecule is CNC(=O)N(O)c1cccc(Br)c1COc1ccc(C)cc1C. The molecule has 122 valence electrons. The van der Waals surface area contributed by atoms with Crippen LogP contribution in [-0.2, 0) is 6.61 Å². The first kappa shape index (κ1) is 17.3. The van der Waals surface area contributed by atoms with Crippen molar-refractivity contribution in [2.75, 3.05) is 12.1 Å². The Balaban J connectivity index is 2.27. The van der Waals surface area contributed by atoms with Crippen molar-refractivity contribution in [2.24, 2.45) is 0 Å². The van der Waals surface area contributed by atoms with Gasteiger partial charge in [0.1, 0.15) is 12.4 Å². The van der Waals surface area contributed by atoms with Gasteiger partial charge in [0.05, 0.1) is 5.69 Å². The molecule has 0 heterocycles. The Morgan fingerprint density at radius 2 is 2.04 bits per heavy atom. The van der Waals surface area contributed by atoms with E-state index in [9.17, 15) is 10.0 Å². The first-order chi connectivity index (χ1) is 10.9. The van der Waals surface area contributed by atoms with Gasteiger partial charge >= 0.3 is 6.03 Å². The smallest absolute Gasteiger partial charge is 0.345 e. The van der Waals surface area contributed by atoms with E-state index >= 15 is 0 Å². The average molecular weight is 379 g/mol. The van der Waals surface area contributed by atoms with Crippen LogP contribution in [0.25, 0.3) is 0 Å². The summed E-state index contributed by atoms with van der Waals surface area (Å²) in [6, 6.07) is 10.5. The van der Waals surface area contributed by atoms with E-state index in [-0.39, 0.29) is 6.61 Å². The molecule has 0 saturated heterocycles. The second kappa shape index (κ2) is 7.48. The highest BCUT2D eigenvalue weighted by atomic mass is 79.9. The van der Waals surface area contributed by atoms with Crippen molar-refractivity contribution in [3.05, 3.63) is 57.6 Å².